The van der Waals surface area contributed by atoms with E-state index >= 15 is 0 Å². The molecule has 0 bridgehead atoms. The zero-order chi connectivity index (χ0) is 15.7. The Morgan fingerprint density at radius 3 is 2.29 bits per heavy atom. The summed E-state index contributed by atoms with van der Waals surface area (Å²) in [6, 6.07) is 0. The lowest BCUT2D eigenvalue weighted by atomic mass is 9.99. The Morgan fingerprint density at radius 2 is 1.67 bits per heavy atom. The molecule has 1 saturated heterocycles. The number of aliphatic hydroxyl groups excluding tert-OH is 3. The summed E-state index contributed by atoms with van der Waals surface area (Å²) in [5.41, 5.74) is 0. The number of ether oxygens (including phenoxy) is 3. The highest BCUT2D eigenvalue weighted by Crippen LogP contribution is 2.24. The fourth-order valence-electron chi connectivity index (χ4n) is 2.56. The van der Waals surface area contributed by atoms with Crippen molar-refractivity contribution in [2.75, 3.05) is 20.3 Å². The fraction of sp³-hybridized carbons (Fsp3) is 1.00. The van der Waals surface area contributed by atoms with Crippen LogP contribution in [0, 0.1) is 0 Å². The van der Waals surface area contributed by atoms with E-state index in [1.165, 1.54) is 32.8 Å². The molecule has 1 heterocycles. The maximum atomic E-state index is 10.1. The minimum atomic E-state index is -1.17. The van der Waals surface area contributed by atoms with Crippen LogP contribution in [0.25, 0.3) is 0 Å². The summed E-state index contributed by atoms with van der Waals surface area (Å²) in [6.07, 6.45) is 2.22. The number of rotatable bonds is 10. The van der Waals surface area contributed by atoms with Crippen molar-refractivity contribution in [1.29, 1.82) is 0 Å². The van der Waals surface area contributed by atoms with Crippen molar-refractivity contribution < 1.29 is 29.5 Å². The summed E-state index contributed by atoms with van der Waals surface area (Å²) < 4.78 is 15.9. The van der Waals surface area contributed by atoms with Crippen LogP contribution >= 0.6 is 0 Å². The van der Waals surface area contributed by atoms with E-state index in [4.69, 9.17) is 14.2 Å². The molecule has 5 unspecified atom stereocenters. The monoisotopic (exact) mass is 306 g/mol. The number of aliphatic hydroxyl groups is 3. The Morgan fingerprint density at radius 1 is 1.00 bits per heavy atom. The van der Waals surface area contributed by atoms with E-state index in [0.29, 0.717) is 6.61 Å². The normalized spacial score (nSPS) is 33.3. The van der Waals surface area contributed by atoms with Crippen molar-refractivity contribution >= 4 is 0 Å². The molecule has 0 amide bonds. The first-order valence-corrected chi connectivity index (χ1v) is 7.92. The van der Waals surface area contributed by atoms with Crippen LogP contribution in [0.5, 0.6) is 0 Å². The van der Waals surface area contributed by atoms with Gasteiger partial charge in [0.1, 0.15) is 24.4 Å². The number of methoxy groups -OCH3 is 1. The average Bonchev–Trinajstić information content (AvgIpc) is 2.50. The van der Waals surface area contributed by atoms with Gasteiger partial charge in [-0.05, 0) is 6.42 Å². The summed E-state index contributed by atoms with van der Waals surface area (Å²) in [5, 5.41) is 29.3. The molecule has 1 aliphatic heterocycles. The second kappa shape index (κ2) is 10.5. The molecule has 1 aliphatic rings. The Labute approximate surface area is 127 Å². The van der Waals surface area contributed by atoms with Gasteiger partial charge in [-0.25, -0.2) is 0 Å². The largest absolute Gasteiger partial charge is 0.394 e. The molecule has 6 heteroatoms. The molecule has 0 aromatic carbocycles. The van der Waals surface area contributed by atoms with Crippen LogP contribution in [0.15, 0.2) is 0 Å². The van der Waals surface area contributed by atoms with Gasteiger partial charge < -0.3 is 29.5 Å². The zero-order valence-electron chi connectivity index (χ0n) is 13.1. The summed E-state index contributed by atoms with van der Waals surface area (Å²) in [6.45, 7) is 2.38. The molecule has 0 saturated carbocycles. The van der Waals surface area contributed by atoms with E-state index < -0.39 is 30.7 Å². The van der Waals surface area contributed by atoms with Gasteiger partial charge >= 0.3 is 0 Å². The third-order valence-corrected chi connectivity index (χ3v) is 3.86. The van der Waals surface area contributed by atoms with Crippen LogP contribution in [0.4, 0.5) is 0 Å². The first-order valence-electron chi connectivity index (χ1n) is 7.92. The third kappa shape index (κ3) is 5.81. The molecule has 126 valence electrons. The van der Waals surface area contributed by atoms with E-state index in [9.17, 15) is 15.3 Å². The highest BCUT2D eigenvalue weighted by molar-refractivity contribution is 4.90. The van der Waals surface area contributed by atoms with Gasteiger partial charge in [-0.3, -0.25) is 0 Å². The molecular weight excluding hydrogens is 276 g/mol. The maximum Gasteiger partial charge on any atom is 0.186 e. The van der Waals surface area contributed by atoms with Crippen LogP contribution in [0.3, 0.4) is 0 Å². The third-order valence-electron chi connectivity index (χ3n) is 3.86. The van der Waals surface area contributed by atoms with Crippen LogP contribution in [0.2, 0.25) is 0 Å². The number of unbranched alkanes of at least 4 members (excludes halogenated alkanes) is 5. The summed E-state index contributed by atoms with van der Waals surface area (Å²) in [4.78, 5) is 0. The van der Waals surface area contributed by atoms with Gasteiger partial charge in [-0.15, -0.1) is 0 Å². The Bertz CT molecular complexity index is 261. The Kier molecular flexibility index (Phi) is 9.39. The van der Waals surface area contributed by atoms with Crippen LogP contribution in [0.1, 0.15) is 45.4 Å². The van der Waals surface area contributed by atoms with Gasteiger partial charge in [-0.1, -0.05) is 39.0 Å². The lowest BCUT2D eigenvalue weighted by Crippen LogP contribution is -2.59. The summed E-state index contributed by atoms with van der Waals surface area (Å²) >= 11 is 0. The molecule has 6 nitrogen and oxygen atoms in total. The van der Waals surface area contributed by atoms with Crippen molar-refractivity contribution in [3.8, 4) is 0 Å². The van der Waals surface area contributed by atoms with Gasteiger partial charge in [0.2, 0.25) is 0 Å². The predicted molar refractivity (Wildman–Crippen MR) is 77.9 cm³/mol. The SMILES string of the molecule is CCCCCCCCOC1C(CO)OC(OC)C(O)C1O. The summed E-state index contributed by atoms with van der Waals surface area (Å²) in [5.74, 6) is 0. The van der Waals surface area contributed by atoms with Crippen molar-refractivity contribution in [3.05, 3.63) is 0 Å². The molecule has 3 N–H and O–H groups in total. The minimum absolute atomic E-state index is 0.287. The molecule has 0 aromatic rings. The lowest BCUT2D eigenvalue weighted by Gasteiger charge is -2.41. The molecule has 1 rings (SSSR count). The maximum absolute atomic E-state index is 10.1. The van der Waals surface area contributed by atoms with Gasteiger partial charge in [0.15, 0.2) is 6.29 Å². The standard InChI is InChI=1S/C15H30O6/c1-3-4-5-6-7-8-9-20-14-11(10-16)21-15(19-2)13(18)12(14)17/h11-18H,3-10H2,1-2H3. The predicted octanol–water partition coefficient (Wildman–Crippen LogP) is 0.817. The van der Waals surface area contributed by atoms with E-state index in [1.54, 1.807) is 0 Å². The van der Waals surface area contributed by atoms with Gasteiger partial charge in [-0.2, -0.15) is 0 Å². The fourth-order valence-corrected chi connectivity index (χ4v) is 2.56. The lowest BCUT2D eigenvalue weighted by molar-refractivity contribution is -0.301. The molecule has 21 heavy (non-hydrogen) atoms. The Hall–Kier alpha value is -0.240. The second-order valence-corrected chi connectivity index (χ2v) is 5.55. The van der Waals surface area contributed by atoms with Crippen LogP contribution < -0.4 is 0 Å². The van der Waals surface area contributed by atoms with E-state index in [0.717, 1.165) is 12.8 Å². The molecule has 0 radical (unpaired) electrons. The van der Waals surface area contributed by atoms with Crippen molar-refractivity contribution in [3.63, 3.8) is 0 Å². The van der Waals surface area contributed by atoms with Crippen LogP contribution in [-0.4, -0.2) is 66.3 Å². The number of hydrogen-bond acceptors (Lipinski definition) is 6. The number of hydrogen-bond donors (Lipinski definition) is 3. The first kappa shape index (κ1) is 18.8. The van der Waals surface area contributed by atoms with E-state index in [2.05, 4.69) is 6.92 Å². The zero-order valence-corrected chi connectivity index (χ0v) is 13.1. The topological polar surface area (TPSA) is 88.4 Å². The molecule has 1 fully saturated rings. The van der Waals surface area contributed by atoms with Crippen molar-refractivity contribution in [1.82, 2.24) is 0 Å². The first-order chi connectivity index (χ1) is 10.2. The second-order valence-electron chi connectivity index (χ2n) is 5.55. The Balaban J connectivity index is 2.31. The highest BCUT2D eigenvalue weighted by Gasteiger charge is 2.45. The van der Waals surface area contributed by atoms with E-state index in [1.807, 2.05) is 0 Å². The summed E-state index contributed by atoms with van der Waals surface area (Å²) in [7, 11) is 1.38. The molecule has 0 spiro atoms. The molecule has 0 aromatic heterocycles. The highest BCUT2D eigenvalue weighted by atomic mass is 16.7. The van der Waals surface area contributed by atoms with Gasteiger partial charge in [0.05, 0.1) is 6.61 Å². The quantitative estimate of drug-likeness (QED) is 0.518. The van der Waals surface area contributed by atoms with E-state index in [-0.39, 0.29) is 6.61 Å². The minimum Gasteiger partial charge on any atom is -0.394 e. The van der Waals surface area contributed by atoms with Crippen LogP contribution in [-0.2, 0) is 14.2 Å². The van der Waals surface area contributed by atoms with Gasteiger partial charge in [0.25, 0.3) is 0 Å². The van der Waals surface area contributed by atoms with Crippen molar-refractivity contribution in [2.45, 2.75) is 76.2 Å². The van der Waals surface area contributed by atoms with Gasteiger partial charge in [0, 0.05) is 13.7 Å². The smallest absolute Gasteiger partial charge is 0.186 e. The molecular formula is C15H30O6. The molecule has 0 aliphatic carbocycles. The van der Waals surface area contributed by atoms with Crippen molar-refractivity contribution in [2.24, 2.45) is 0 Å². The molecule has 5 atom stereocenters. The average molecular weight is 306 g/mol.